The molecule has 6 heteroatoms. The van der Waals surface area contributed by atoms with Gasteiger partial charge in [0.2, 0.25) is 0 Å². The SMILES string of the molecule is COc1cc(CNC(C)(C)CC(C)(C)C)ccc1OCc1ccc(Cl)cc1Cl.Cl. The highest BCUT2D eigenvalue weighted by molar-refractivity contribution is 6.35. The molecule has 0 aromatic heterocycles. The lowest BCUT2D eigenvalue weighted by molar-refractivity contribution is 0.240. The first-order valence-corrected chi connectivity index (χ1v) is 10.2. The molecule has 0 aliphatic rings. The molecule has 0 aliphatic carbocycles. The summed E-state index contributed by atoms with van der Waals surface area (Å²) in [7, 11) is 1.65. The molecule has 0 heterocycles. The van der Waals surface area contributed by atoms with Crippen LogP contribution in [0.4, 0.5) is 0 Å². The highest BCUT2D eigenvalue weighted by Crippen LogP contribution is 2.31. The Morgan fingerprint density at radius 1 is 0.931 bits per heavy atom. The third-order valence-electron chi connectivity index (χ3n) is 4.37. The molecule has 0 aliphatic heterocycles. The maximum absolute atomic E-state index is 6.22. The minimum Gasteiger partial charge on any atom is -0.493 e. The first kappa shape index (κ1) is 25.9. The topological polar surface area (TPSA) is 30.5 Å². The number of ether oxygens (including phenoxy) is 2. The maximum Gasteiger partial charge on any atom is 0.161 e. The van der Waals surface area contributed by atoms with E-state index in [1.54, 1.807) is 19.2 Å². The second-order valence-corrected chi connectivity index (χ2v) is 9.83. The van der Waals surface area contributed by atoms with Crippen molar-refractivity contribution in [1.29, 1.82) is 0 Å². The Kier molecular flexibility index (Phi) is 9.62. The highest BCUT2D eigenvalue weighted by Gasteiger charge is 2.24. The third-order valence-corrected chi connectivity index (χ3v) is 4.96. The van der Waals surface area contributed by atoms with Gasteiger partial charge in [0.15, 0.2) is 11.5 Å². The molecule has 0 saturated carbocycles. The predicted molar refractivity (Wildman–Crippen MR) is 126 cm³/mol. The molecule has 0 saturated heterocycles. The van der Waals surface area contributed by atoms with Gasteiger partial charge in [-0.3, -0.25) is 0 Å². The summed E-state index contributed by atoms with van der Waals surface area (Å²) < 4.78 is 11.5. The van der Waals surface area contributed by atoms with Crippen molar-refractivity contribution in [3.63, 3.8) is 0 Å². The molecule has 3 nitrogen and oxygen atoms in total. The van der Waals surface area contributed by atoms with Crippen LogP contribution in [0.15, 0.2) is 36.4 Å². The van der Waals surface area contributed by atoms with Gasteiger partial charge in [-0.15, -0.1) is 12.4 Å². The maximum atomic E-state index is 6.22. The number of methoxy groups -OCH3 is 1. The molecular formula is C23H32Cl3NO2. The number of halogens is 3. The zero-order valence-corrected chi connectivity index (χ0v) is 20.4. The van der Waals surface area contributed by atoms with E-state index in [1.807, 2.05) is 18.2 Å². The molecular weight excluding hydrogens is 429 g/mol. The Morgan fingerprint density at radius 2 is 1.62 bits per heavy atom. The van der Waals surface area contributed by atoms with Gasteiger partial charge in [-0.2, -0.15) is 0 Å². The normalized spacial score (nSPS) is 11.7. The number of benzene rings is 2. The Balaban J connectivity index is 0.00000420. The van der Waals surface area contributed by atoms with E-state index in [9.17, 15) is 0 Å². The standard InChI is InChI=1S/C23H31Cl2NO2.ClH/c1-22(2,3)15-23(4,5)26-13-16-7-10-20(21(11-16)27-6)28-14-17-8-9-18(24)12-19(17)25;/h7-12,26H,13-15H2,1-6H3;1H. The molecule has 0 atom stereocenters. The molecule has 29 heavy (non-hydrogen) atoms. The van der Waals surface area contributed by atoms with Crippen LogP contribution < -0.4 is 14.8 Å². The molecule has 0 amide bonds. The summed E-state index contributed by atoms with van der Waals surface area (Å²) in [5, 5.41) is 4.85. The molecule has 2 aromatic rings. The fourth-order valence-corrected chi connectivity index (χ4v) is 3.93. The summed E-state index contributed by atoms with van der Waals surface area (Å²) in [6.07, 6.45) is 1.08. The molecule has 2 aromatic carbocycles. The van der Waals surface area contributed by atoms with Crippen molar-refractivity contribution in [3.05, 3.63) is 57.6 Å². The van der Waals surface area contributed by atoms with Gasteiger partial charge in [0.25, 0.3) is 0 Å². The van der Waals surface area contributed by atoms with E-state index in [0.717, 1.165) is 24.1 Å². The summed E-state index contributed by atoms with van der Waals surface area (Å²) >= 11 is 12.2. The predicted octanol–water partition coefficient (Wildman–Crippen LogP) is 7.31. The zero-order chi connectivity index (χ0) is 20.9. The average Bonchev–Trinajstić information content (AvgIpc) is 2.57. The number of hydrogen-bond acceptors (Lipinski definition) is 3. The molecule has 0 radical (unpaired) electrons. The van der Waals surface area contributed by atoms with Crippen molar-refractivity contribution in [2.45, 2.75) is 59.7 Å². The molecule has 0 bridgehead atoms. The van der Waals surface area contributed by atoms with Gasteiger partial charge in [0, 0.05) is 27.7 Å². The van der Waals surface area contributed by atoms with Crippen molar-refractivity contribution in [3.8, 4) is 11.5 Å². The van der Waals surface area contributed by atoms with Crippen molar-refractivity contribution >= 4 is 35.6 Å². The lowest BCUT2D eigenvalue weighted by atomic mass is 9.82. The van der Waals surface area contributed by atoms with Crippen LogP contribution in [0, 0.1) is 5.41 Å². The third kappa shape index (κ3) is 8.64. The summed E-state index contributed by atoms with van der Waals surface area (Å²) in [6, 6.07) is 11.4. The van der Waals surface area contributed by atoms with E-state index < -0.39 is 0 Å². The van der Waals surface area contributed by atoms with E-state index in [0.29, 0.717) is 28.2 Å². The van der Waals surface area contributed by atoms with E-state index >= 15 is 0 Å². The van der Waals surface area contributed by atoms with Gasteiger partial charge in [-0.05, 0) is 55.5 Å². The zero-order valence-electron chi connectivity index (χ0n) is 18.1. The van der Waals surface area contributed by atoms with Crippen LogP contribution >= 0.6 is 35.6 Å². The molecule has 0 fully saturated rings. The van der Waals surface area contributed by atoms with Crippen molar-refractivity contribution in [1.82, 2.24) is 5.32 Å². The van der Waals surface area contributed by atoms with Gasteiger partial charge in [0.1, 0.15) is 6.61 Å². The van der Waals surface area contributed by atoms with Gasteiger partial charge in [-0.25, -0.2) is 0 Å². The molecule has 0 spiro atoms. The Bertz CT molecular complexity index is 801. The van der Waals surface area contributed by atoms with E-state index in [2.05, 4.69) is 46.0 Å². The highest BCUT2D eigenvalue weighted by atomic mass is 35.5. The Morgan fingerprint density at radius 3 is 2.21 bits per heavy atom. The van der Waals surface area contributed by atoms with Crippen molar-refractivity contribution in [2.75, 3.05) is 7.11 Å². The Hall–Kier alpha value is -1.13. The fourth-order valence-electron chi connectivity index (χ4n) is 3.47. The van der Waals surface area contributed by atoms with Crippen molar-refractivity contribution < 1.29 is 9.47 Å². The van der Waals surface area contributed by atoms with Crippen LogP contribution in [-0.2, 0) is 13.2 Å². The second-order valence-electron chi connectivity index (χ2n) is 8.98. The number of rotatable bonds is 8. The summed E-state index contributed by atoms with van der Waals surface area (Å²) in [4.78, 5) is 0. The Labute approximate surface area is 191 Å². The monoisotopic (exact) mass is 459 g/mol. The van der Waals surface area contributed by atoms with Crippen LogP contribution in [-0.4, -0.2) is 12.6 Å². The van der Waals surface area contributed by atoms with Crippen LogP contribution in [0.25, 0.3) is 0 Å². The molecule has 1 N–H and O–H groups in total. The molecule has 2 rings (SSSR count). The van der Waals surface area contributed by atoms with E-state index in [4.69, 9.17) is 32.7 Å². The van der Waals surface area contributed by atoms with Crippen LogP contribution in [0.2, 0.25) is 10.0 Å². The van der Waals surface area contributed by atoms with Gasteiger partial charge in [-0.1, -0.05) is 56.1 Å². The summed E-state index contributed by atoms with van der Waals surface area (Å²) in [5.74, 6) is 1.39. The van der Waals surface area contributed by atoms with Gasteiger partial charge in [0.05, 0.1) is 7.11 Å². The van der Waals surface area contributed by atoms with Crippen LogP contribution in [0.1, 0.15) is 52.2 Å². The largest absolute Gasteiger partial charge is 0.493 e. The van der Waals surface area contributed by atoms with Gasteiger partial charge < -0.3 is 14.8 Å². The van der Waals surface area contributed by atoms with Gasteiger partial charge >= 0.3 is 0 Å². The fraction of sp³-hybridized carbons (Fsp3) is 0.478. The van der Waals surface area contributed by atoms with E-state index in [-0.39, 0.29) is 23.4 Å². The summed E-state index contributed by atoms with van der Waals surface area (Å²) in [5.41, 5.74) is 2.35. The minimum absolute atomic E-state index is 0. The average molecular weight is 461 g/mol. The number of hydrogen-bond donors (Lipinski definition) is 1. The smallest absolute Gasteiger partial charge is 0.161 e. The first-order chi connectivity index (χ1) is 13.0. The van der Waals surface area contributed by atoms with Crippen LogP contribution in [0.5, 0.6) is 11.5 Å². The molecule has 0 unspecified atom stereocenters. The van der Waals surface area contributed by atoms with E-state index in [1.165, 1.54) is 0 Å². The second kappa shape index (κ2) is 10.8. The lowest BCUT2D eigenvalue weighted by Crippen LogP contribution is -2.41. The summed E-state index contributed by atoms with van der Waals surface area (Å²) in [6.45, 7) is 12.4. The number of nitrogens with one attached hydrogen (secondary N) is 1. The first-order valence-electron chi connectivity index (χ1n) is 9.48. The van der Waals surface area contributed by atoms with Crippen LogP contribution in [0.3, 0.4) is 0 Å². The minimum atomic E-state index is 0. The lowest BCUT2D eigenvalue weighted by Gasteiger charge is -2.33. The molecule has 162 valence electrons. The van der Waals surface area contributed by atoms with Crippen molar-refractivity contribution in [2.24, 2.45) is 5.41 Å². The quantitative estimate of drug-likeness (QED) is 0.448.